The van der Waals surface area contributed by atoms with Gasteiger partial charge in [-0.3, -0.25) is 4.79 Å². The minimum atomic E-state index is -0.726. The van der Waals surface area contributed by atoms with E-state index in [9.17, 15) is 15.0 Å². The Kier molecular flexibility index (Phi) is 36.5. The van der Waals surface area contributed by atoms with Gasteiger partial charge in [0.2, 0.25) is 0 Å². The summed E-state index contributed by atoms with van der Waals surface area (Å²) in [5.74, 6) is 1.26. The lowest BCUT2D eigenvalue weighted by Crippen LogP contribution is -2.35. The molecule has 4 nitrogen and oxygen atoms in total. The van der Waals surface area contributed by atoms with Gasteiger partial charge in [0.25, 0.3) is 0 Å². The summed E-state index contributed by atoms with van der Waals surface area (Å²) < 4.78 is 0. The highest BCUT2D eigenvalue weighted by atomic mass is 16.3. The molecule has 1 saturated carbocycles. The fraction of sp³-hybridized carbons (Fsp3) is 0.650. The summed E-state index contributed by atoms with van der Waals surface area (Å²) in [6.45, 7) is 35.4. The third kappa shape index (κ3) is 38.2. The third-order valence-corrected chi connectivity index (χ3v) is 12.2. The van der Waals surface area contributed by atoms with Crippen LogP contribution in [-0.2, 0) is 4.79 Å². The molecule has 0 aromatic carbocycles. The monoisotopic (exact) mass is 887 g/mol. The maximum Gasteiger partial charge on any atom is 0.136 e. The van der Waals surface area contributed by atoms with Crippen molar-refractivity contribution in [3.63, 3.8) is 0 Å². The minimum absolute atomic E-state index is 0.162. The van der Waals surface area contributed by atoms with Gasteiger partial charge in [0.1, 0.15) is 5.78 Å². The van der Waals surface area contributed by atoms with E-state index in [0.29, 0.717) is 17.6 Å². The number of ketones is 1. The summed E-state index contributed by atoms with van der Waals surface area (Å²) in [5.41, 5.74) is 11.3. The van der Waals surface area contributed by atoms with Gasteiger partial charge in [-0.25, -0.2) is 0 Å². The molecule has 0 aliphatic heterocycles. The first-order valence-electron chi connectivity index (χ1n) is 25.0. The van der Waals surface area contributed by atoms with E-state index in [4.69, 9.17) is 5.11 Å². The molecule has 366 valence electrons. The number of carbonyl (C=O) groups is 1. The molecule has 0 radical (unpaired) electrons. The van der Waals surface area contributed by atoms with E-state index in [-0.39, 0.29) is 6.61 Å². The van der Waals surface area contributed by atoms with E-state index < -0.39 is 11.2 Å². The van der Waals surface area contributed by atoms with Gasteiger partial charge in [0.15, 0.2) is 0 Å². The highest BCUT2D eigenvalue weighted by Crippen LogP contribution is 2.34. The van der Waals surface area contributed by atoms with Crippen LogP contribution in [-0.4, -0.2) is 38.9 Å². The molecule has 4 atom stereocenters. The van der Waals surface area contributed by atoms with E-state index in [2.05, 4.69) is 145 Å². The predicted molar refractivity (Wildman–Crippen MR) is 285 cm³/mol. The number of hydrogen-bond donors (Lipinski definition) is 3. The average molecular weight is 887 g/mol. The van der Waals surface area contributed by atoms with E-state index >= 15 is 0 Å². The normalized spacial score (nSPS) is 18.5. The third-order valence-electron chi connectivity index (χ3n) is 12.2. The van der Waals surface area contributed by atoms with Crippen LogP contribution >= 0.6 is 0 Å². The van der Waals surface area contributed by atoms with Gasteiger partial charge in [-0.1, -0.05) is 111 Å². The Morgan fingerprint density at radius 3 is 1.44 bits per heavy atom. The zero-order chi connectivity index (χ0) is 49.1. The fourth-order valence-corrected chi connectivity index (χ4v) is 7.46. The van der Waals surface area contributed by atoms with Crippen LogP contribution in [0.2, 0.25) is 0 Å². The smallest absolute Gasteiger partial charge is 0.136 e. The quantitative estimate of drug-likeness (QED) is 0.0894. The van der Waals surface area contributed by atoms with Crippen molar-refractivity contribution in [3.8, 4) is 0 Å². The van der Waals surface area contributed by atoms with Crippen LogP contribution in [0.1, 0.15) is 226 Å². The van der Waals surface area contributed by atoms with Crippen molar-refractivity contribution in [1.82, 2.24) is 0 Å². The van der Waals surface area contributed by atoms with Gasteiger partial charge in [0, 0.05) is 12.3 Å². The number of rotatable bonds is 23. The average Bonchev–Trinajstić information content (AvgIpc) is 3.61. The van der Waals surface area contributed by atoms with Crippen LogP contribution in [0.5, 0.6) is 0 Å². The molecule has 2 aliphatic carbocycles. The molecule has 0 aromatic heterocycles. The lowest BCUT2D eigenvalue weighted by Gasteiger charge is -2.34. The molecule has 1 fully saturated rings. The highest BCUT2D eigenvalue weighted by molar-refractivity contribution is 5.82. The molecule has 0 saturated heterocycles. The van der Waals surface area contributed by atoms with Gasteiger partial charge in [-0.15, -0.1) is 6.58 Å². The molecule has 4 unspecified atom stereocenters. The summed E-state index contributed by atoms with van der Waals surface area (Å²) in [5, 5.41) is 28.9. The zero-order valence-corrected chi connectivity index (χ0v) is 44.5. The molecule has 64 heavy (non-hydrogen) atoms. The van der Waals surface area contributed by atoms with Crippen LogP contribution in [0.3, 0.4) is 0 Å². The Morgan fingerprint density at radius 1 is 0.609 bits per heavy atom. The topological polar surface area (TPSA) is 77.8 Å². The first-order valence-corrected chi connectivity index (χ1v) is 25.0. The second-order valence-electron chi connectivity index (χ2n) is 20.5. The molecule has 0 amide bonds. The van der Waals surface area contributed by atoms with E-state index in [1.54, 1.807) is 13.0 Å². The molecular formula is C60H102O4. The minimum Gasteiger partial charge on any atom is -0.392 e. The Balaban J connectivity index is 0. The van der Waals surface area contributed by atoms with Crippen LogP contribution < -0.4 is 0 Å². The van der Waals surface area contributed by atoms with Crippen LogP contribution in [0, 0.1) is 11.8 Å². The molecule has 2 rings (SSSR count). The molecule has 0 bridgehead atoms. The Hall–Kier alpha value is -3.05. The van der Waals surface area contributed by atoms with Crippen molar-refractivity contribution in [1.29, 1.82) is 0 Å². The zero-order valence-electron chi connectivity index (χ0n) is 44.5. The van der Waals surface area contributed by atoms with Crippen molar-refractivity contribution in [2.45, 2.75) is 237 Å². The van der Waals surface area contributed by atoms with Crippen molar-refractivity contribution >= 4 is 5.78 Å². The van der Waals surface area contributed by atoms with Crippen LogP contribution in [0.15, 0.2) is 117 Å². The van der Waals surface area contributed by atoms with E-state index in [0.717, 1.165) is 122 Å². The SMILES string of the molecule is C=CC(C)(O)CC/C=C(\C)CCC=C(C)C.CC(C)=CCC/C(C)=C/CC1CCCC1=O.CC(C)=CCC/C(C)=C/CCC(C)=CCO.CC(C)=CCCC(C)(O)C1CC=C(C)CC1. The summed E-state index contributed by atoms with van der Waals surface area (Å²) in [6.07, 6.45) is 41.5. The Morgan fingerprint density at radius 2 is 1.03 bits per heavy atom. The maximum atomic E-state index is 11.5. The number of aliphatic hydroxyl groups is 3. The molecule has 2 aliphatic rings. The van der Waals surface area contributed by atoms with Gasteiger partial charge in [-0.2, -0.15) is 0 Å². The largest absolute Gasteiger partial charge is 0.392 e. The van der Waals surface area contributed by atoms with E-state index in [1.807, 2.05) is 13.0 Å². The first kappa shape index (κ1) is 63.0. The van der Waals surface area contributed by atoms with Crippen LogP contribution in [0.25, 0.3) is 0 Å². The first-order chi connectivity index (χ1) is 29.9. The fourth-order valence-electron chi connectivity index (χ4n) is 7.46. The standard InChI is InChI=1S/C15H26O.C15H24O.2C15H26O/c1-12(2)6-5-11-15(4,16)14-9-7-13(3)8-10-14;1-12(2)6-4-7-13(3)10-11-14-8-5-9-15(14)16;1-13(2)7-5-8-14(3)9-6-10-15(4)11-12-16;1-6-15(5,16)12-8-11-14(4)10-7-9-13(2)3/h6-7,14,16H,5,8-11H2,1-4H3;6,10,14H,4-5,7-9,11H2,1-3H3;7,9,11,16H,5-6,8,10,12H2,1-4H3;6,9,11,16H,1,7-8,10,12H2,2-5H3/b;13-10+;14-9+,15-11?;14-11+. The number of carbonyl (C=O) groups excluding carboxylic acids is 1. The summed E-state index contributed by atoms with van der Waals surface area (Å²) >= 11 is 0. The van der Waals surface area contributed by atoms with Crippen LogP contribution in [0.4, 0.5) is 0 Å². The van der Waals surface area contributed by atoms with Crippen molar-refractivity contribution in [2.24, 2.45) is 11.8 Å². The number of aliphatic hydroxyl groups excluding tert-OH is 1. The molecular weight excluding hydrogens is 785 g/mol. The molecule has 4 heteroatoms. The molecule has 0 aromatic rings. The van der Waals surface area contributed by atoms with Crippen molar-refractivity contribution in [2.75, 3.05) is 6.61 Å². The summed E-state index contributed by atoms with van der Waals surface area (Å²) in [7, 11) is 0. The molecule has 0 spiro atoms. The summed E-state index contributed by atoms with van der Waals surface area (Å²) in [4.78, 5) is 11.5. The summed E-state index contributed by atoms with van der Waals surface area (Å²) in [6, 6.07) is 0. The lowest BCUT2D eigenvalue weighted by molar-refractivity contribution is -0.120. The van der Waals surface area contributed by atoms with Crippen molar-refractivity contribution in [3.05, 3.63) is 117 Å². The lowest BCUT2D eigenvalue weighted by atomic mass is 9.76. The molecule has 0 heterocycles. The van der Waals surface area contributed by atoms with Gasteiger partial charge in [-0.05, 0) is 225 Å². The number of hydrogen-bond acceptors (Lipinski definition) is 4. The van der Waals surface area contributed by atoms with Crippen molar-refractivity contribution < 1.29 is 20.1 Å². The maximum absolute atomic E-state index is 11.5. The Bertz CT molecular complexity index is 1580. The number of Topliss-reactive ketones (excluding diaryl/α,β-unsaturated/α-hetero) is 1. The van der Waals surface area contributed by atoms with Gasteiger partial charge >= 0.3 is 0 Å². The highest BCUT2D eigenvalue weighted by Gasteiger charge is 2.31. The Labute approximate surface area is 397 Å². The molecule has 3 N–H and O–H groups in total. The van der Waals surface area contributed by atoms with Gasteiger partial charge < -0.3 is 15.3 Å². The number of allylic oxidation sites excluding steroid dienone is 17. The second kappa shape index (κ2) is 37.1. The van der Waals surface area contributed by atoms with E-state index in [1.165, 1.54) is 50.2 Å². The van der Waals surface area contributed by atoms with Gasteiger partial charge in [0.05, 0.1) is 17.8 Å². The predicted octanol–water partition coefficient (Wildman–Crippen LogP) is 17.5. The second-order valence-corrected chi connectivity index (χ2v) is 20.5.